The molecule has 17 heavy (non-hydrogen) atoms. The van der Waals surface area contributed by atoms with Crippen LogP contribution in [0.4, 0.5) is 5.95 Å². The Balaban J connectivity index is 2.23. The Morgan fingerprint density at radius 2 is 1.82 bits per heavy atom. The fourth-order valence-electron chi connectivity index (χ4n) is 1.84. The fraction of sp³-hybridized carbons (Fsp3) is 0.700. The molecular formula is C10H17N5O2. The molecule has 1 aromatic rings. The van der Waals surface area contributed by atoms with Crippen LogP contribution in [0.25, 0.3) is 0 Å². The summed E-state index contributed by atoms with van der Waals surface area (Å²) in [4.78, 5) is 14.4. The average Bonchev–Trinajstić information content (AvgIpc) is 2.38. The van der Waals surface area contributed by atoms with Crippen LogP contribution in [0, 0.1) is 0 Å². The van der Waals surface area contributed by atoms with Gasteiger partial charge in [-0.05, 0) is 12.8 Å². The number of nitrogens with two attached hydrogens (primary N) is 1. The summed E-state index contributed by atoms with van der Waals surface area (Å²) in [5, 5.41) is 0. The molecule has 94 valence electrons. The summed E-state index contributed by atoms with van der Waals surface area (Å²) in [5.74, 6) is 0.559. The van der Waals surface area contributed by atoms with E-state index >= 15 is 0 Å². The van der Waals surface area contributed by atoms with E-state index in [4.69, 9.17) is 15.2 Å². The zero-order chi connectivity index (χ0) is 12.3. The topological polar surface area (TPSA) is 86.4 Å². The number of methoxy groups -OCH3 is 2. The van der Waals surface area contributed by atoms with Gasteiger partial charge >= 0.3 is 12.0 Å². The first kappa shape index (κ1) is 11.8. The molecule has 0 aliphatic carbocycles. The van der Waals surface area contributed by atoms with Gasteiger partial charge in [-0.25, -0.2) is 0 Å². The summed E-state index contributed by atoms with van der Waals surface area (Å²) in [6, 6.07) is 0.675. The minimum absolute atomic E-state index is 0.164. The summed E-state index contributed by atoms with van der Waals surface area (Å²) >= 11 is 0. The number of anilines is 1. The number of nitrogens with zero attached hydrogens (tertiary/aromatic N) is 4. The number of ether oxygens (including phenoxy) is 2. The minimum atomic E-state index is 0.164. The van der Waals surface area contributed by atoms with E-state index in [0.29, 0.717) is 5.95 Å². The highest BCUT2D eigenvalue weighted by Crippen LogP contribution is 2.19. The van der Waals surface area contributed by atoms with E-state index < -0.39 is 0 Å². The predicted molar refractivity (Wildman–Crippen MR) is 62.4 cm³/mol. The SMILES string of the molecule is COc1nc(OC)nc(N2CCCC(N)C2)n1. The molecule has 1 atom stereocenters. The molecule has 1 saturated heterocycles. The van der Waals surface area contributed by atoms with Gasteiger partial charge in [-0.1, -0.05) is 0 Å². The molecule has 7 heteroatoms. The van der Waals surface area contributed by atoms with Gasteiger partial charge in [0, 0.05) is 19.1 Å². The monoisotopic (exact) mass is 239 g/mol. The molecule has 2 rings (SSSR count). The van der Waals surface area contributed by atoms with Crippen molar-refractivity contribution >= 4 is 5.95 Å². The lowest BCUT2D eigenvalue weighted by atomic mass is 10.1. The minimum Gasteiger partial charge on any atom is -0.467 e. The van der Waals surface area contributed by atoms with E-state index in [1.807, 2.05) is 4.90 Å². The number of rotatable bonds is 3. The molecule has 0 aromatic carbocycles. The van der Waals surface area contributed by atoms with Gasteiger partial charge in [-0.2, -0.15) is 9.97 Å². The van der Waals surface area contributed by atoms with Crippen LogP contribution in [0.2, 0.25) is 0 Å². The maximum absolute atomic E-state index is 5.93. The summed E-state index contributed by atoms with van der Waals surface area (Å²) in [6.07, 6.45) is 2.08. The molecule has 2 heterocycles. The van der Waals surface area contributed by atoms with Crippen LogP contribution in [0.3, 0.4) is 0 Å². The lowest BCUT2D eigenvalue weighted by Gasteiger charge is -2.30. The van der Waals surface area contributed by atoms with E-state index in [-0.39, 0.29) is 18.1 Å². The van der Waals surface area contributed by atoms with E-state index in [1.54, 1.807) is 0 Å². The number of hydrogen-bond acceptors (Lipinski definition) is 7. The molecule has 1 aliphatic heterocycles. The van der Waals surface area contributed by atoms with Crippen molar-refractivity contribution in [1.82, 2.24) is 15.0 Å². The Labute approximate surface area is 100.0 Å². The zero-order valence-corrected chi connectivity index (χ0v) is 10.1. The normalized spacial score (nSPS) is 20.2. The quantitative estimate of drug-likeness (QED) is 0.782. The first-order valence-electron chi connectivity index (χ1n) is 5.57. The standard InChI is InChI=1S/C10H17N5O2/c1-16-9-12-8(13-10(14-9)17-2)15-5-3-4-7(11)6-15/h7H,3-6,11H2,1-2H3. The molecule has 7 nitrogen and oxygen atoms in total. The highest BCUT2D eigenvalue weighted by molar-refractivity contribution is 5.33. The van der Waals surface area contributed by atoms with Crippen molar-refractivity contribution in [3.8, 4) is 12.0 Å². The second-order valence-electron chi connectivity index (χ2n) is 3.96. The molecule has 2 N–H and O–H groups in total. The molecule has 1 aliphatic rings. The van der Waals surface area contributed by atoms with Crippen molar-refractivity contribution in [2.75, 3.05) is 32.2 Å². The van der Waals surface area contributed by atoms with Crippen LogP contribution < -0.4 is 20.1 Å². The third-order valence-electron chi connectivity index (χ3n) is 2.69. The number of hydrogen-bond donors (Lipinski definition) is 1. The second kappa shape index (κ2) is 5.13. The summed E-state index contributed by atoms with van der Waals surface area (Å²) in [6.45, 7) is 1.64. The molecular weight excluding hydrogens is 222 g/mol. The van der Waals surface area contributed by atoms with Crippen molar-refractivity contribution in [1.29, 1.82) is 0 Å². The van der Waals surface area contributed by atoms with Gasteiger partial charge in [0.25, 0.3) is 0 Å². The third kappa shape index (κ3) is 2.73. The first-order chi connectivity index (χ1) is 8.22. The third-order valence-corrected chi connectivity index (χ3v) is 2.69. The lowest BCUT2D eigenvalue weighted by Crippen LogP contribution is -2.43. The molecule has 0 saturated carbocycles. The summed E-state index contributed by atoms with van der Waals surface area (Å²) in [5.41, 5.74) is 5.93. The summed E-state index contributed by atoms with van der Waals surface area (Å²) < 4.78 is 10.0. The Morgan fingerprint density at radius 1 is 1.18 bits per heavy atom. The Morgan fingerprint density at radius 3 is 2.35 bits per heavy atom. The Bertz CT molecular complexity index is 365. The van der Waals surface area contributed by atoms with Gasteiger partial charge in [0.2, 0.25) is 5.95 Å². The van der Waals surface area contributed by atoms with Crippen LogP contribution in [-0.4, -0.2) is 48.3 Å². The predicted octanol–water partition coefficient (Wildman–Crippen LogP) is -0.184. The molecule has 1 aromatic heterocycles. The van der Waals surface area contributed by atoms with Crippen LogP contribution in [0.1, 0.15) is 12.8 Å². The maximum atomic E-state index is 5.93. The second-order valence-corrected chi connectivity index (χ2v) is 3.96. The van der Waals surface area contributed by atoms with Crippen LogP contribution in [-0.2, 0) is 0 Å². The zero-order valence-electron chi connectivity index (χ0n) is 10.1. The lowest BCUT2D eigenvalue weighted by molar-refractivity contribution is 0.338. The summed E-state index contributed by atoms with van der Waals surface area (Å²) in [7, 11) is 3.03. The fourth-order valence-corrected chi connectivity index (χ4v) is 1.84. The van der Waals surface area contributed by atoms with Gasteiger partial charge in [0.15, 0.2) is 0 Å². The van der Waals surface area contributed by atoms with Gasteiger partial charge in [0.1, 0.15) is 0 Å². The first-order valence-corrected chi connectivity index (χ1v) is 5.57. The van der Waals surface area contributed by atoms with Gasteiger partial charge < -0.3 is 20.1 Å². The van der Waals surface area contributed by atoms with Crippen molar-refractivity contribution in [3.05, 3.63) is 0 Å². The van der Waals surface area contributed by atoms with Crippen LogP contribution in [0.5, 0.6) is 12.0 Å². The number of piperidine rings is 1. The largest absolute Gasteiger partial charge is 0.467 e. The molecule has 1 fully saturated rings. The smallest absolute Gasteiger partial charge is 0.324 e. The van der Waals surface area contributed by atoms with Crippen molar-refractivity contribution in [2.45, 2.75) is 18.9 Å². The van der Waals surface area contributed by atoms with Gasteiger partial charge in [-0.15, -0.1) is 4.98 Å². The van der Waals surface area contributed by atoms with Crippen LogP contribution >= 0.6 is 0 Å². The van der Waals surface area contributed by atoms with Crippen LogP contribution in [0.15, 0.2) is 0 Å². The van der Waals surface area contributed by atoms with Gasteiger partial charge in [0.05, 0.1) is 14.2 Å². The molecule has 0 bridgehead atoms. The Hall–Kier alpha value is -1.63. The van der Waals surface area contributed by atoms with E-state index in [2.05, 4.69) is 15.0 Å². The molecule has 0 radical (unpaired) electrons. The molecule has 1 unspecified atom stereocenters. The highest BCUT2D eigenvalue weighted by atomic mass is 16.5. The van der Waals surface area contributed by atoms with E-state index in [0.717, 1.165) is 25.9 Å². The van der Waals surface area contributed by atoms with Crippen molar-refractivity contribution in [3.63, 3.8) is 0 Å². The maximum Gasteiger partial charge on any atom is 0.324 e. The van der Waals surface area contributed by atoms with E-state index in [1.165, 1.54) is 14.2 Å². The number of aromatic nitrogens is 3. The highest BCUT2D eigenvalue weighted by Gasteiger charge is 2.20. The molecule has 0 spiro atoms. The molecule has 0 amide bonds. The van der Waals surface area contributed by atoms with E-state index in [9.17, 15) is 0 Å². The Kier molecular flexibility index (Phi) is 3.58. The van der Waals surface area contributed by atoms with Gasteiger partial charge in [-0.3, -0.25) is 0 Å². The van der Waals surface area contributed by atoms with Crippen molar-refractivity contribution in [2.24, 2.45) is 5.73 Å². The van der Waals surface area contributed by atoms with Crippen molar-refractivity contribution < 1.29 is 9.47 Å². The average molecular weight is 239 g/mol.